The van der Waals surface area contributed by atoms with Crippen LogP contribution in [0.2, 0.25) is 0 Å². The van der Waals surface area contributed by atoms with E-state index in [1.165, 1.54) is 30.0 Å². The number of aromatic nitrogens is 4. The van der Waals surface area contributed by atoms with Gasteiger partial charge in [0.25, 0.3) is 5.13 Å². The number of nitrogens with one attached hydrogen (secondary N) is 2. The Balaban J connectivity index is 1.56. The molecule has 1 saturated heterocycles. The van der Waals surface area contributed by atoms with E-state index in [1.807, 2.05) is 0 Å². The number of ether oxygens (including phenoxy) is 2. The molecule has 218 valence electrons. The molecule has 0 spiro atoms. The van der Waals surface area contributed by atoms with Crippen molar-refractivity contribution in [1.29, 1.82) is 0 Å². The van der Waals surface area contributed by atoms with Crippen LogP contribution in [0.25, 0.3) is 11.2 Å². The zero-order chi connectivity index (χ0) is 29.2. The summed E-state index contributed by atoms with van der Waals surface area (Å²) >= 11 is 6.16. The number of anilines is 1. The molecule has 16 heteroatoms. The molecule has 4 rings (SSSR count). The summed E-state index contributed by atoms with van der Waals surface area (Å²) in [5, 5.41) is 13.3. The van der Waals surface area contributed by atoms with Crippen molar-refractivity contribution >= 4 is 42.3 Å². The van der Waals surface area contributed by atoms with Crippen LogP contribution in [0.1, 0.15) is 32.8 Å². The highest BCUT2D eigenvalue weighted by Gasteiger charge is 2.58. The summed E-state index contributed by atoms with van der Waals surface area (Å²) in [5.41, 5.74) is 0.557. The van der Waals surface area contributed by atoms with Gasteiger partial charge in [-0.2, -0.15) is 5.09 Å². The molecular weight excluding hydrogens is 570 g/mol. The summed E-state index contributed by atoms with van der Waals surface area (Å²) in [6.07, 6.45) is -4.04. The van der Waals surface area contributed by atoms with Gasteiger partial charge in [-0.3, -0.25) is 13.9 Å². The Hall–Kier alpha value is -2.87. The number of rotatable bonds is 11. The van der Waals surface area contributed by atoms with Gasteiger partial charge in [-0.1, -0.05) is 29.8 Å². The van der Waals surface area contributed by atoms with E-state index in [9.17, 15) is 14.5 Å². The highest BCUT2D eigenvalue weighted by molar-refractivity contribution is 7.52. The van der Waals surface area contributed by atoms with E-state index >= 15 is 4.39 Å². The van der Waals surface area contributed by atoms with Gasteiger partial charge in [0.1, 0.15) is 29.8 Å². The van der Waals surface area contributed by atoms with Crippen molar-refractivity contribution in [3.63, 3.8) is 0 Å². The Labute approximate surface area is 234 Å². The maximum Gasteiger partial charge on any atom is 0.459 e. The fourth-order valence-electron chi connectivity index (χ4n) is 3.98. The number of nitrogens with zero attached hydrogens (tertiary/aromatic N) is 4. The van der Waals surface area contributed by atoms with Crippen molar-refractivity contribution in [2.75, 3.05) is 19.0 Å². The topological polar surface area (TPSA) is 159 Å². The molecule has 3 aromatic rings. The molecule has 2 aromatic heterocycles. The lowest BCUT2D eigenvalue weighted by atomic mass is 10.1. The van der Waals surface area contributed by atoms with Crippen LogP contribution in [-0.4, -0.2) is 73.7 Å². The maximum atomic E-state index is 15.7. The van der Waals surface area contributed by atoms with Gasteiger partial charge in [0, 0.05) is 7.05 Å². The SMILES string of the molecule is CNc1nc(C)nc2c1ncn2[C@@H]1O[C@H](CO[P@@](=O)(N[C@@H](C)C(=O)OC(C)C)Oc2ccccc2)[C@@H](O)[C@@]1(F)Cl. The number of para-hydroxylation sites is 1. The average Bonchev–Trinajstić information content (AvgIpc) is 3.40. The number of hydrogen-bond acceptors (Lipinski definition) is 11. The number of aliphatic hydroxyl groups is 1. The monoisotopic (exact) mass is 600 g/mol. The first-order chi connectivity index (χ1) is 18.8. The van der Waals surface area contributed by atoms with Crippen molar-refractivity contribution in [3.05, 3.63) is 42.5 Å². The molecule has 3 N–H and O–H groups in total. The number of alkyl halides is 2. The molecule has 1 fully saturated rings. The lowest BCUT2D eigenvalue weighted by molar-refractivity contribution is -0.149. The van der Waals surface area contributed by atoms with Crippen molar-refractivity contribution in [2.24, 2.45) is 0 Å². The first-order valence-electron chi connectivity index (χ1n) is 12.4. The van der Waals surface area contributed by atoms with Crippen LogP contribution in [0.5, 0.6) is 5.75 Å². The third-order valence-electron chi connectivity index (χ3n) is 5.84. The number of fused-ring (bicyclic) bond motifs is 1. The number of carbonyl (C=O) groups excluding carboxylic acids is 1. The fraction of sp³-hybridized carbons (Fsp3) is 0.500. The zero-order valence-electron chi connectivity index (χ0n) is 22.4. The second-order valence-corrected chi connectivity index (χ2v) is 11.6. The third-order valence-corrected chi connectivity index (χ3v) is 7.89. The maximum absolute atomic E-state index is 15.7. The lowest BCUT2D eigenvalue weighted by Gasteiger charge is -2.25. The van der Waals surface area contributed by atoms with Gasteiger partial charge in [-0.05, 0) is 39.8 Å². The fourth-order valence-corrected chi connectivity index (χ4v) is 5.78. The van der Waals surface area contributed by atoms with Gasteiger partial charge in [0.15, 0.2) is 23.2 Å². The molecule has 0 bridgehead atoms. The molecule has 1 aromatic carbocycles. The molecule has 0 unspecified atom stereocenters. The summed E-state index contributed by atoms with van der Waals surface area (Å²) in [6, 6.07) is 6.99. The summed E-state index contributed by atoms with van der Waals surface area (Å²) in [6.45, 7) is 5.79. The predicted octanol–water partition coefficient (Wildman–Crippen LogP) is 3.47. The van der Waals surface area contributed by atoms with Gasteiger partial charge in [-0.15, -0.1) is 0 Å². The minimum absolute atomic E-state index is 0.172. The second kappa shape index (κ2) is 11.9. The second-order valence-electron chi connectivity index (χ2n) is 9.37. The van der Waals surface area contributed by atoms with E-state index in [1.54, 1.807) is 46.0 Å². The normalized spacial score (nSPS) is 25.1. The number of carbonyl (C=O) groups is 1. The largest absolute Gasteiger partial charge is 0.462 e. The van der Waals surface area contributed by atoms with Crippen LogP contribution in [0.4, 0.5) is 10.2 Å². The van der Waals surface area contributed by atoms with Gasteiger partial charge in [-0.25, -0.2) is 23.9 Å². The van der Waals surface area contributed by atoms with Crippen LogP contribution in [0, 0.1) is 6.92 Å². The molecule has 6 atom stereocenters. The van der Waals surface area contributed by atoms with E-state index in [-0.39, 0.29) is 11.4 Å². The van der Waals surface area contributed by atoms with Gasteiger partial charge >= 0.3 is 13.7 Å². The van der Waals surface area contributed by atoms with Crippen LogP contribution in [-0.2, 0) is 23.4 Å². The molecular formula is C24H31ClFN6O7P. The molecule has 0 amide bonds. The predicted molar refractivity (Wildman–Crippen MR) is 144 cm³/mol. The first kappa shape index (κ1) is 30.1. The van der Waals surface area contributed by atoms with E-state index in [0.29, 0.717) is 17.2 Å². The van der Waals surface area contributed by atoms with E-state index in [2.05, 4.69) is 25.4 Å². The Kier molecular flexibility index (Phi) is 8.98. The molecule has 40 heavy (non-hydrogen) atoms. The number of imidazole rings is 1. The number of hydrogen-bond donors (Lipinski definition) is 3. The molecule has 0 radical (unpaired) electrons. The molecule has 1 aliphatic heterocycles. The lowest BCUT2D eigenvalue weighted by Crippen LogP contribution is -2.40. The van der Waals surface area contributed by atoms with Crippen molar-refractivity contribution in [1.82, 2.24) is 24.6 Å². The summed E-state index contributed by atoms with van der Waals surface area (Å²) in [4.78, 5) is 25.2. The zero-order valence-corrected chi connectivity index (χ0v) is 24.1. The minimum atomic E-state index is -4.31. The summed E-state index contributed by atoms with van der Waals surface area (Å²) in [5.74, 6) is 0.271. The minimum Gasteiger partial charge on any atom is -0.462 e. The summed E-state index contributed by atoms with van der Waals surface area (Å²) in [7, 11) is -2.66. The molecule has 1 aliphatic rings. The number of esters is 1. The first-order valence-corrected chi connectivity index (χ1v) is 14.3. The van der Waals surface area contributed by atoms with Crippen molar-refractivity contribution in [2.45, 2.75) is 63.4 Å². The smallest absolute Gasteiger partial charge is 0.459 e. The number of aliphatic hydroxyl groups excluding tert-OH is 1. The average molecular weight is 601 g/mol. The van der Waals surface area contributed by atoms with E-state index in [0.717, 1.165) is 0 Å². The quantitative estimate of drug-likeness (QED) is 0.167. The number of halogens is 2. The van der Waals surface area contributed by atoms with Gasteiger partial charge < -0.3 is 24.4 Å². The van der Waals surface area contributed by atoms with Crippen LogP contribution in [0.3, 0.4) is 0 Å². The van der Waals surface area contributed by atoms with Crippen LogP contribution < -0.4 is 14.9 Å². The summed E-state index contributed by atoms with van der Waals surface area (Å²) < 4.78 is 52.8. The van der Waals surface area contributed by atoms with E-state index < -0.39 is 56.0 Å². The molecule has 0 saturated carbocycles. The highest BCUT2D eigenvalue weighted by Crippen LogP contribution is 2.49. The number of aryl methyl sites for hydroxylation is 1. The molecule has 3 heterocycles. The van der Waals surface area contributed by atoms with Crippen LogP contribution >= 0.6 is 19.3 Å². The van der Waals surface area contributed by atoms with Crippen LogP contribution in [0.15, 0.2) is 36.7 Å². The van der Waals surface area contributed by atoms with Crippen molar-refractivity contribution < 1.29 is 37.4 Å². The van der Waals surface area contributed by atoms with Gasteiger partial charge in [0.2, 0.25) is 0 Å². The molecule has 0 aliphatic carbocycles. The highest BCUT2D eigenvalue weighted by atomic mass is 35.5. The Morgan fingerprint density at radius 3 is 2.65 bits per heavy atom. The van der Waals surface area contributed by atoms with E-state index in [4.69, 9.17) is 30.1 Å². The van der Waals surface area contributed by atoms with Gasteiger partial charge in [0.05, 0.1) is 19.0 Å². The third kappa shape index (κ3) is 6.37. The molecule has 13 nitrogen and oxygen atoms in total. The standard InChI is InChI=1S/C24H31ClFN6O7P/c1-13(2)37-22(34)14(3)31-40(35,39-16-9-7-6-8-10-16)36-11-17-19(33)24(25,26)23(38-17)32-12-28-18-20(27-5)29-15(4)30-21(18)32/h6-10,12-14,17,19,23,33H,11H2,1-5H3,(H,31,35)(H,27,29,30)/t14-,17+,19+,23+,24-,40-/m0/s1. The Morgan fingerprint density at radius 1 is 1.30 bits per heavy atom. The Morgan fingerprint density at radius 2 is 2.00 bits per heavy atom. The Bertz CT molecular complexity index is 1390. The number of benzene rings is 1. The van der Waals surface area contributed by atoms with Crippen molar-refractivity contribution in [3.8, 4) is 5.75 Å².